The van der Waals surface area contributed by atoms with Crippen molar-refractivity contribution in [1.82, 2.24) is 10.2 Å². The van der Waals surface area contributed by atoms with E-state index in [0.717, 1.165) is 0 Å². The Kier molecular flexibility index (Phi) is 2.17. The first kappa shape index (κ1) is 8.84. The van der Waals surface area contributed by atoms with Crippen LogP contribution in [0.5, 0.6) is 0 Å². The van der Waals surface area contributed by atoms with Crippen molar-refractivity contribution in [2.45, 2.75) is 0 Å². The molecule has 0 saturated carbocycles. The van der Waals surface area contributed by atoms with E-state index in [0.29, 0.717) is 20.5 Å². The van der Waals surface area contributed by atoms with Crippen molar-refractivity contribution in [3.63, 3.8) is 0 Å². The van der Waals surface area contributed by atoms with Gasteiger partial charge >= 0.3 is 0 Å². The second kappa shape index (κ2) is 3.20. The molecule has 0 aliphatic rings. The van der Waals surface area contributed by atoms with Gasteiger partial charge in [-0.2, -0.15) is 0 Å². The molecule has 2 nitrogen and oxygen atoms in total. The van der Waals surface area contributed by atoms with E-state index in [4.69, 9.17) is 11.6 Å². The highest BCUT2D eigenvalue weighted by atomic mass is 79.9. The van der Waals surface area contributed by atoms with E-state index in [9.17, 15) is 4.39 Å². The molecule has 1 heterocycles. The Morgan fingerprint density at radius 2 is 2.08 bits per heavy atom. The highest BCUT2D eigenvalue weighted by molar-refractivity contribution is 9.10. The maximum Gasteiger partial charge on any atom is 0.148 e. The summed E-state index contributed by atoms with van der Waals surface area (Å²) in [5.41, 5.74) is 0.578. The van der Waals surface area contributed by atoms with Crippen molar-refractivity contribution in [2.24, 2.45) is 0 Å². The van der Waals surface area contributed by atoms with Gasteiger partial charge < -0.3 is 0 Å². The lowest BCUT2D eigenvalue weighted by atomic mass is 10.2. The predicted octanol–water partition coefficient (Wildman–Crippen LogP) is 3.18. The summed E-state index contributed by atoms with van der Waals surface area (Å²) in [5.74, 6) is -0.339. The van der Waals surface area contributed by atoms with E-state index in [1.165, 1.54) is 18.2 Å². The van der Waals surface area contributed by atoms with Crippen LogP contribution in [0.25, 0.3) is 10.9 Å². The number of nitrogens with zero attached hydrogens (tertiary/aromatic N) is 2. The van der Waals surface area contributed by atoms with Gasteiger partial charge in [-0.3, -0.25) is 0 Å². The summed E-state index contributed by atoms with van der Waals surface area (Å²) in [5, 5.41) is 8.52. The Bertz CT molecular complexity index is 470. The standard InChI is InChI=1S/C8H3BrClFN2/c9-8-7(10)5-3-4(11)1-2-6(5)12-13-8/h1-3H. The summed E-state index contributed by atoms with van der Waals surface area (Å²) >= 11 is 8.99. The Labute approximate surface area is 86.9 Å². The molecule has 0 unspecified atom stereocenters. The van der Waals surface area contributed by atoms with Crippen LogP contribution >= 0.6 is 27.5 Å². The van der Waals surface area contributed by atoms with Gasteiger partial charge in [0.2, 0.25) is 0 Å². The minimum absolute atomic E-state index is 0.339. The topological polar surface area (TPSA) is 25.8 Å². The molecule has 0 radical (unpaired) electrons. The SMILES string of the molecule is Fc1ccc2nnc(Br)c(Cl)c2c1. The lowest BCUT2D eigenvalue weighted by Crippen LogP contribution is -1.87. The van der Waals surface area contributed by atoms with Gasteiger partial charge in [-0.25, -0.2) is 4.39 Å². The third kappa shape index (κ3) is 1.51. The highest BCUT2D eigenvalue weighted by Gasteiger charge is 2.06. The maximum absolute atomic E-state index is 12.8. The molecule has 0 bridgehead atoms. The molecule has 0 spiro atoms. The quantitative estimate of drug-likeness (QED) is 0.728. The molecule has 0 aliphatic heterocycles. The number of hydrogen-bond donors (Lipinski definition) is 0. The van der Waals surface area contributed by atoms with Crippen molar-refractivity contribution in [3.05, 3.63) is 33.6 Å². The van der Waals surface area contributed by atoms with Gasteiger partial charge in [-0.1, -0.05) is 11.6 Å². The van der Waals surface area contributed by atoms with Gasteiger partial charge in [0.15, 0.2) is 0 Å². The average molecular weight is 261 g/mol. The largest absolute Gasteiger partial charge is 0.207 e. The summed E-state index contributed by atoms with van der Waals surface area (Å²) in [6, 6.07) is 4.19. The van der Waals surface area contributed by atoms with Gasteiger partial charge in [-0.15, -0.1) is 10.2 Å². The first-order valence-corrected chi connectivity index (χ1v) is 4.62. The molecule has 0 saturated heterocycles. The van der Waals surface area contributed by atoms with Gasteiger partial charge in [0.25, 0.3) is 0 Å². The fourth-order valence-electron chi connectivity index (χ4n) is 1.02. The third-order valence-corrected chi connectivity index (χ3v) is 2.79. The smallest absolute Gasteiger partial charge is 0.148 e. The number of rotatable bonds is 0. The minimum atomic E-state index is -0.339. The van der Waals surface area contributed by atoms with E-state index in [1.807, 2.05) is 0 Å². The van der Waals surface area contributed by atoms with Crippen molar-refractivity contribution in [1.29, 1.82) is 0 Å². The Hall–Kier alpha value is -0.740. The number of halogens is 3. The molecule has 5 heteroatoms. The van der Waals surface area contributed by atoms with Gasteiger partial charge in [0, 0.05) is 5.39 Å². The highest BCUT2D eigenvalue weighted by Crippen LogP contribution is 2.27. The van der Waals surface area contributed by atoms with Crippen molar-refractivity contribution in [3.8, 4) is 0 Å². The maximum atomic E-state index is 12.8. The Morgan fingerprint density at radius 3 is 2.85 bits per heavy atom. The van der Waals surface area contributed by atoms with E-state index in [1.54, 1.807) is 0 Å². The molecular formula is C8H3BrClFN2. The summed E-state index contributed by atoms with van der Waals surface area (Å²) < 4.78 is 13.2. The molecule has 66 valence electrons. The van der Waals surface area contributed by atoms with Crippen LogP contribution in [0.1, 0.15) is 0 Å². The third-order valence-electron chi connectivity index (χ3n) is 1.62. The Balaban J connectivity index is 2.89. The summed E-state index contributed by atoms with van der Waals surface area (Å²) in [6.45, 7) is 0. The van der Waals surface area contributed by atoms with Crippen molar-refractivity contribution < 1.29 is 4.39 Å². The molecular weight excluding hydrogens is 258 g/mol. The molecule has 1 aromatic heterocycles. The first-order chi connectivity index (χ1) is 6.18. The molecule has 0 atom stereocenters. The van der Waals surface area contributed by atoms with Crippen LogP contribution in [0.3, 0.4) is 0 Å². The molecule has 13 heavy (non-hydrogen) atoms. The fraction of sp³-hybridized carbons (Fsp3) is 0. The van der Waals surface area contributed by atoms with E-state index >= 15 is 0 Å². The Morgan fingerprint density at radius 1 is 1.31 bits per heavy atom. The zero-order valence-corrected chi connectivity index (χ0v) is 8.60. The molecule has 0 N–H and O–H groups in total. The number of hydrogen-bond acceptors (Lipinski definition) is 2. The zero-order chi connectivity index (χ0) is 9.42. The first-order valence-electron chi connectivity index (χ1n) is 3.45. The van der Waals surface area contributed by atoms with Gasteiger partial charge in [-0.05, 0) is 34.1 Å². The van der Waals surface area contributed by atoms with Gasteiger partial charge in [0.1, 0.15) is 10.4 Å². The molecule has 0 amide bonds. The van der Waals surface area contributed by atoms with Crippen LogP contribution in [0.15, 0.2) is 22.8 Å². The van der Waals surface area contributed by atoms with Crippen LogP contribution in [-0.4, -0.2) is 10.2 Å². The predicted molar refractivity (Wildman–Crippen MR) is 52.2 cm³/mol. The van der Waals surface area contributed by atoms with E-state index < -0.39 is 0 Å². The van der Waals surface area contributed by atoms with Crippen LogP contribution in [0.4, 0.5) is 4.39 Å². The lowest BCUT2D eigenvalue weighted by Gasteiger charge is -1.99. The van der Waals surface area contributed by atoms with Crippen LogP contribution in [0.2, 0.25) is 5.02 Å². The summed E-state index contributed by atoms with van der Waals surface area (Å²) in [4.78, 5) is 0. The number of aromatic nitrogens is 2. The van der Waals surface area contributed by atoms with Gasteiger partial charge in [0.05, 0.1) is 10.5 Å². The normalized spacial score (nSPS) is 10.7. The fourth-order valence-corrected chi connectivity index (χ4v) is 1.51. The monoisotopic (exact) mass is 260 g/mol. The zero-order valence-electron chi connectivity index (χ0n) is 6.26. The minimum Gasteiger partial charge on any atom is -0.207 e. The van der Waals surface area contributed by atoms with Crippen LogP contribution in [0, 0.1) is 5.82 Å². The second-order valence-corrected chi connectivity index (χ2v) is 3.60. The van der Waals surface area contributed by atoms with Crippen molar-refractivity contribution in [2.75, 3.05) is 0 Å². The molecule has 0 aliphatic carbocycles. The number of benzene rings is 1. The van der Waals surface area contributed by atoms with E-state index in [-0.39, 0.29) is 5.82 Å². The molecule has 2 aromatic rings. The van der Waals surface area contributed by atoms with Crippen LogP contribution < -0.4 is 0 Å². The molecule has 2 rings (SSSR count). The number of fused-ring (bicyclic) bond motifs is 1. The average Bonchev–Trinajstić information content (AvgIpc) is 2.12. The summed E-state index contributed by atoms with van der Waals surface area (Å²) in [7, 11) is 0. The van der Waals surface area contributed by atoms with Crippen LogP contribution in [-0.2, 0) is 0 Å². The molecule has 0 fully saturated rings. The van der Waals surface area contributed by atoms with E-state index in [2.05, 4.69) is 26.1 Å². The molecule has 1 aromatic carbocycles. The van der Waals surface area contributed by atoms with Crippen molar-refractivity contribution >= 4 is 38.4 Å². The lowest BCUT2D eigenvalue weighted by molar-refractivity contribution is 0.629. The second-order valence-electron chi connectivity index (χ2n) is 2.47. The summed E-state index contributed by atoms with van der Waals surface area (Å²) in [6.07, 6.45) is 0.